The lowest BCUT2D eigenvalue weighted by Crippen LogP contribution is -2.54. The monoisotopic (exact) mass is 443 g/mol. The minimum absolute atomic E-state index is 0. The van der Waals surface area contributed by atoms with Crippen molar-refractivity contribution in [3.63, 3.8) is 0 Å². The molecule has 1 amide bonds. The van der Waals surface area contributed by atoms with Crippen LogP contribution in [0.1, 0.15) is 24.1 Å². The van der Waals surface area contributed by atoms with Crippen LogP contribution in [0.15, 0.2) is 15.9 Å². The average molecular weight is 445 g/mol. The highest BCUT2D eigenvalue weighted by molar-refractivity contribution is 9.11. The van der Waals surface area contributed by atoms with Gasteiger partial charge in [0.05, 0.1) is 9.83 Å². The van der Waals surface area contributed by atoms with Crippen molar-refractivity contribution in [1.29, 1.82) is 0 Å². The third-order valence-electron chi connectivity index (χ3n) is 4.30. The fourth-order valence-corrected chi connectivity index (χ4v) is 4.59. The summed E-state index contributed by atoms with van der Waals surface area (Å²) in [5.41, 5.74) is 0. The number of hydrogen-bond acceptors (Lipinski definition) is 4. The second-order valence-corrected chi connectivity index (χ2v) is 8.36. The van der Waals surface area contributed by atoms with Gasteiger partial charge >= 0.3 is 0 Å². The predicted octanol–water partition coefficient (Wildman–Crippen LogP) is 3.14. The number of piperazine rings is 1. The van der Waals surface area contributed by atoms with E-state index in [2.05, 4.69) is 38.3 Å². The van der Waals surface area contributed by atoms with Gasteiger partial charge in [0.15, 0.2) is 0 Å². The molecule has 3 rings (SSSR count). The van der Waals surface area contributed by atoms with Gasteiger partial charge in [-0.1, -0.05) is 6.42 Å². The zero-order valence-electron chi connectivity index (χ0n) is 13.0. The van der Waals surface area contributed by atoms with Crippen molar-refractivity contribution in [2.45, 2.75) is 31.8 Å². The van der Waals surface area contributed by atoms with E-state index in [-0.39, 0.29) is 30.9 Å². The Balaban J connectivity index is 0.00000132. The van der Waals surface area contributed by atoms with Gasteiger partial charge in [-0.25, -0.2) is 0 Å². The lowest BCUT2D eigenvalue weighted by atomic mass is 10.0. The number of hydrogen-bond donors (Lipinski definition) is 1. The Bertz CT molecular complexity index is 489. The van der Waals surface area contributed by atoms with E-state index in [0.717, 1.165) is 45.7 Å². The van der Waals surface area contributed by atoms with Crippen LogP contribution >= 0.6 is 52.1 Å². The van der Waals surface area contributed by atoms with Gasteiger partial charge in [-0.3, -0.25) is 9.69 Å². The molecule has 132 valence electrons. The molecule has 2 fully saturated rings. The molecule has 1 aromatic heterocycles. The molecule has 0 spiro atoms. The zero-order chi connectivity index (χ0) is 14.7. The Hall–Kier alpha value is 0.150. The number of nitrogens with zero attached hydrogens (tertiary/aromatic N) is 2. The van der Waals surface area contributed by atoms with Gasteiger partial charge in [0.1, 0.15) is 0 Å². The molecular weight excluding hydrogens is 421 g/mol. The average Bonchev–Trinajstić information content (AvgIpc) is 2.93. The largest absolute Gasteiger partial charge is 0.339 e. The SMILES string of the molecule is Cl.Cl.O=C(C1CCCCN1)N1CCN(Cc2ccc(Br)s2)CC1. The third kappa shape index (κ3) is 5.87. The highest BCUT2D eigenvalue weighted by Crippen LogP contribution is 2.23. The molecule has 23 heavy (non-hydrogen) atoms. The Morgan fingerprint density at radius 2 is 1.96 bits per heavy atom. The summed E-state index contributed by atoms with van der Waals surface area (Å²) in [6.45, 7) is 5.68. The molecule has 2 saturated heterocycles. The number of halogens is 3. The maximum absolute atomic E-state index is 12.5. The Morgan fingerprint density at radius 3 is 2.52 bits per heavy atom. The molecule has 1 N–H and O–H groups in total. The number of amides is 1. The van der Waals surface area contributed by atoms with E-state index in [1.807, 2.05) is 4.90 Å². The maximum Gasteiger partial charge on any atom is 0.239 e. The molecule has 3 heterocycles. The Kier molecular flexibility index (Phi) is 9.41. The van der Waals surface area contributed by atoms with Gasteiger partial charge in [-0.05, 0) is 47.4 Å². The topological polar surface area (TPSA) is 35.6 Å². The van der Waals surface area contributed by atoms with Gasteiger partial charge in [0.2, 0.25) is 5.91 Å². The van der Waals surface area contributed by atoms with Crippen LogP contribution in [0.2, 0.25) is 0 Å². The molecular formula is C15H24BrCl2N3OS. The van der Waals surface area contributed by atoms with Crippen LogP contribution in [0.5, 0.6) is 0 Å². The number of rotatable bonds is 3. The van der Waals surface area contributed by atoms with Crippen LogP contribution in [0.25, 0.3) is 0 Å². The van der Waals surface area contributed by atoms with Crippen molar-refractivity contribution < 1.29 is 4.79 Å². The quantitative estimate of drug-likeness (QED) is 0.777. The first-order chi connectivity index (χ1) is 10.2. The lowest BCUT2D eigenvalue weighted by molar-refractivity contribution is -0.135. The van der Waals surface area contributed by atoms with Gasteiger partial charge < -0.3 is 10.2 Å². The van der Waals surface area contributed by atoms with Crippen LogP contribution < -0.4 is 5.32 Å². The van der Waals surface area contributed by atoms with Crippen LogP contribution in [-0.2, 0) is 11.3 Å². The normalized spacial score (nSPS) is 22.1. The summed E-state index contributed by atoms with van der Waals surface area (Å²) < 4.78 is 1.19. The molecule has 0 saturated carbocycles. The molecule has 4 nitrogen and oxygen atoms in total. The van der Waals surface area contributed by atoms with Gasteiger partial charge in [0, 0.05) is 37.6 Å². The second kappa shape index (κ2) is 10.2. The first-order valence-corrected chi connectivity index (χ1v) is 9.32. The molecule has 1 atom stereocenters. The van der Waals surface area contributed by atoms with Crippen LogP contribution in [0.3, 0.4) is 0 Å². The number of carbonyl (C=O) groups is 1. The van der Waals surface area contributed by atoms with E-state index < -0.39 is 0 Å². The standard InChI is InChI=1S/C15H22BrN3OS.2ClH/c16-14-5-4-12(21-14)11-18-7-9-19(10-8-18)15(20)13-3-1-2-6-17-13;;/h4-5,13,17H,1-3,6-11H2;2*1H. The van der Waals surface area contributed by atoms with Crippen LogP contribution in [0, 0.1) is 0 Å². The number of nitrogens with one attached hydrogen (secondary N) is 1. The number of thiophene rings is 1. The molecule has 2 aliphatic heterocycles. The van der Waals surface area contributed by atoms with E-state index >= 15 is 0 Å². The summed E-state index contributed by atoms with van der Waals surface area (Å²) >= 11 is 5.31. The van der Waals surface area contributed by atoms with Crippen molar-refractivity contribution in [1.82, 2.24) is 15.1 Å². The van der Waals surface area contributed by atoms with Gasteiger partial charge in [-0.2, -0.15) is 0 Å². The van der Waals surface area contributed by atoms with E-state index in [0.29, 0.717) is 5.91 Å². The molecule has 0 aromatic carbocycles. The van der Waals surface area contributed by atoms with Crippen molar-refractivity contribution >= 4 is 58.0 Å². The summed E-state index contributed by atoms with van der Waals surface area (Å²) in [6, 6.07) is 4.35. The molecule has 1 aromatic rings. The molecule has 0 aliphatic carbocycles. The maximum atomic E-state index is 12.5. The van der Waals surface area contributed by atoms with Gasteiger partial charge in [-0.15, -0.1) is 36.2 Å². The Labute approximate surface area is 162 Å². The lowest BCUT2D eigenvalue weighted by Gasteiger charge is -2.37. The van der Waals surface area contributed by atoms with E-state index in [4.69, 9.17) is 0 Å². The number of piperidine rings is 1. The second-order valence-electron chi connectivity index (χ2n) is 5.81. The zero-order valence-corrected chi connectivity index (χ0v) is 17.0. The minimum Gasteiger partial charge on any atom is -0.339 e. The predicted molar refractivity (Wildman–Crippen MR) is 104 cm³/mol. The van der Waals surface area contributed by atoms with E-state index in [1.54, 1.807) is 11.3 Å². The fourth-order valence-electron chi connectivity index (χ4n) is 3.07. The van der Waals surface area contributed by atoms with E-state index in [9.17, 15) is 4.79 Å². The first kappa shape index (κ1) is 21.2. The van der Waals surface area contributed by atoms with Crippen molar-refractivity contribution in [3.8, 4) is 0 Å². The third-order valence-corrected chi connectivity index (χ3v) is 5.91. The smallest absolute Gasteiger partial charge is 0.239 e. The Morgan fingerprint density at radius 1 is 1.22 bits per heavy atom. The summed E-state index contributed by atoms with van der Waals surface area (Å²) in [4.78, 5) is 18.3. The summed E-state index contributed by atoms with van der Waals surface area (Å²) in [7, 11) is 0. The number of carbonyl (C=O) groups excluding carboxylic acids is 1. The molecule has 0 radical (unpaired) electrons. The molecule has 2 aliphatic rings. The fraction of sp³-hybridized carbons (Fsp3) is 0.667. The molecule has 0 bridgehead atoms. The molecule has 1 unspecified atom stereocenters. The minimum atomic E-state index is 0. The summed E-state index contributed by atoms with van der Waals surface area (Å²) in [5.74, 6) is 0.313. The summed E-state index contributed by atoms with van der Waals surface area (Å²) in [6.07, 6.45) is 3.38. The van der Waals surface area contributed by atoms with Crippen molar-refractivity contribution in [2.24, 2.45) is 0 Å². The van der Waals surface area contributed by atoms with Crippen molar-refractivity contribution in [3.05, 3.63) is 20.8 Å². The molecule has 8 heteroatoms. The van der Waals surface area contributed by atoms with Gasteiger partial charge in [0.25, 0.3) is 0 Å². The highest BCUT2D eigenvalue weighted by atomic mass is 79.9. The van der Waals surface area contributed by atoms with Crippen LogP contribution in [-0.4, -0.2) is 54.5 Å². The summed E-state index contributed by atoms with van der Waals surface area (Å²) in [5, 5.41) is 3.36. The first-order valence-electron chi connectivity index (χ1n) is 7.71. The highest BCUT2D eigenvalue weighted by Gasteiger charge is 2.28. The van der Waals surface area contributed by atoms with Crippen LogP contribution in [0.4, 0.5) is 0 Å². The van der Waals surface area contributed by atoms with Crippen molar-refractivity contribution in [2.75, 3.05) is 32.7 Å². The van der Waals surface area contributed by atoms with E-state index in [1.165, 1.54) is 21.5 Å².